The highest BCUT2D eigenvalue weighted by molar-refractivity contribution is 7.26. The molecular weight excluding hydrogens is 363 g/mol. The Morgan fingerprint density at radius 3 is 1.61 bits per heavy atom. The quantitative estimate of drug-likeness (QED) is 0.429. The number of hydrogen-bond acceptors (Lipinski definition) is 3. The first-order chi connectivity index (χ1) is 13.7. The maximum Gasteiger partial charge on any atom is 0.488 e. The van der Waals surface area contributed by atoms with Crippen molar-refractivity contribution in [2.24, 2.45) is 0 Å². The summed E-state index contributed by atoms with van der Waals surface area (Å²) in [6, 6.07) is 30.8. The van der Waals surface area contributed by atoms with E-state index in [0.29, 0.717) is 5.46 Å². The minimum absolute atomic E-state index is 0.499. The molecular formula is C24H17BO2S. The summed E-state index contributed by atoms with van der Waals surface area (Å²) in [6.45, 7) is 0. The molecule has 0 saturated heterocycles. The summed E-state index contributed by atoms with van der Waals surface area (Å²) in [5, 5.41) is 21.2. The lowest BCUT2D eigenvalue weighted by Gasteiger charge is -2.05. The van der Waals surface area contributed by atoms with Crippen molar-refractivity contribution in [3.05, 3.63) is 91.0 Å². The van der Waals surface area contributed by atoms with E-state index in [9.17, 15) is 10.0 Å². The van der Waals surface area contributed by atoms with Crippen LogP contribution >= 0.6 is 11.3 Å². The molecule has 4 heteroatoms. The average molecular weight is 380 g/mol. The van der Waals surface area contributed by atoms with Gasteiger partial charge >= 0.3 is 7.12 Å². The first-order valence-corrected chi connectivity index (χ1v) is 10.00. The van der Waals surface area contributed by atoms with Crippen molar-refractivity contribution < 1.29 is 10.0 Å². The molecule has 0 bridgehead atoms. The van der Waals surface area contributed by atoms with Crippen LogP contribution in [-0.2, 0) is 0 Å². The lowest BCUT2D eigenvalue weighted by Crippen LogP contribution is -2.29. The second-order valence-electron chi connectivity index (χ2n) is 6.83. The normalized spacial score (nSPS) is 11.2. The number of benzene rings is 4. The molecule has 0 atom stereocenters. The summed E-state index contributed by atoms with van der Waals surface area (Å²) in [4.78, 5) is 0. The van der Waals surface area contributed by atoms with Crippen LogP contribution in [0.3, 0.4) is 0 Å². The van der Waals surface area contributed by atoms with E-state index in [0.717, 1.165) is 11.1 Å². The van der Waals surface area contributed by atoms with Crippen LogP contribution in [0.1, 0.15) is 0 Å². The maximum absolute atomic E-state index is 9.35. The zero-order valence-electron chi connectivity index (χ0n) is 15.0. The Morgan fingerprint density at radius 2 is 1.07 bits per heavy atom. The van der Waals surface area contributed by atoms with Crippen LogP contribution in [-0.4, -0.2) is 17.2 Å². The van der Waals surface area contributed by atoms with Crippen LogP contribution < -0.4 is 5.46 Å². The molecule has 0 unspecified atom stereocenters. The van der Waals surface area contributed by atoms with Gasteiger partial charge in [-0.2, -0.15) is 0 Å². The molecule has 1 aromatic heterocycles. The lowest BCUT2D eigenvalue weighted by atomic mass is 9.80. The van der Waals surface area contributed by atoms with Gasteiger partial charge in [-0.25, -0.2) is 0 Å². The fraction of sp³-hybridized carbons (Fsp3) is 0. The van der Waals surface area contributed by atoms with Crippen molar-refractivity contribution in [1.82, 2.24) is 0 Å². The van der Waals surface area contributed by atoms with Crippen molar-refractivity contribution in [3.63, 3.8) is 0 Å². The lowest BCUT2D eigenvalue weighted by molar-refractivity contribution is 0.426. The second kappa shape index (κ2) is 6.91. The van der Waals surface area contributed by atoms with E-state index in [1.165, 1.54) is 31.3 Å². The zero-order chi connectivity index (χ0) is 19.1. The summed E-state index contributed by atoms with van der Waals surface area (Å²) in [5.41, 5.74) is 5.21. The van der Waals surface area contributed by atoms with Gasteiger partial charge in [0.1, 0.15) is 0 Å². The molecule has 2 N–H and O–H groups in total. The molecule has 4 aromatic carbocycles. The molecule has 134 valence electrons. The van der Waals surface area contributed by atoms with E-state index < -0.39 is 7.12 Å². The predicted molar refractivity (Wildman–Crippen MR) is 120 cm³/mol. The summed E-state index contributed by atoms with van der Waals surface area (Å²) < 4.78 is 2.54. The first kappa shape index (κ1) is 17.2. The monoisotopic (exact) mass is 380 g/mol. The Balaban J connectivity index is 1.75. The molecule has 0 fully saturated rings. The van der Waals surface area contributed by atoms with Gasteiger partial charge < -0.3 is 10.0 Å². The smallest absolute Gasteiger partial charge is 0.423 e. The molecule has 0 spiro atoms. The molecule has 0 aliphatic carbocycles. The first-order valence-electron chi connectivity index (χ1n) is 9.18. The highest BCUT2D eigenvalue weighted by atomic mass is 32.1. The molecule has 0 amide bonds. The molecule has 2 nitrogen and oxygen atoms in total. The standard InChI is InChI=1S/C24H17BO2S/c26-25(27)18-14-12-17(13-15-18)20-9-5-11-22-21-10-4-8-19(23(21)28-24(20)22)16-6-2-1-3-7-16/h1-15,26-27H. The van der Waals surface area contributed by atoms with Gasteiger partial charge in [0.05, 0.1) is 0 Å². The van der Waals surface area contributed by atoms with E-state index >= 15 is 0 Å². The number of hydrogen-bond donors (Lipinski definition) is 2. The van der Waals surface area contributed by atoms with Crippen LogP contribution in [0.25, 0.3) is 42.4 Å². The van der Waals surface area contributed by atoms with Crippen LogP contribution in [0.4, 0.5) is 0 Å². The van der Waals surface area contributed by atoms with Crippen LogP contribution in [0, 0.1) is 0 Å². The number of thiophene rings is 1. The summed E-state index contributed by atoms with van der Waals surface area (Å²) >= 11 is 1.82. The van der Waals surface area contributed by atoms with Gasteiger partial charge in [0.2, 0.25) is 0 Å². The zero-order valence-corrected chi connectivity index (χ0v) is 15.9. The van der Waals surface area contributed by atoms with E-state index in [1.807, 2.05) is 29.5 Å². The van der Waals surface area contributed by atoms with Crippen LogP contribution in [0.2, 0.25) is 0 Å². The molecule has 5 aromatic rings. The summed E-state index contributed by atoms with van der Waals surface area (Å²) in [6.07, 6.45) is 0. The fourth-order valence-electron chi connectivity index (χ4n) is 3.73. The number of rotatable bonds is 3. The van der Waals surface area contributed by atoms with E-state index in [2.05, 4.69) is 60.7 Å². The Hall–Kier alpha value is -2.92. The van der Waals surface area contributed by atoms with Crippen LogP contribution in [0.15, 0.2) is 91.0 Å². The topological polar surface area (TPSA) is 40.5 Å². The van der Waals surface area contributed by atoms with Crippen molar-refractivity contribution in [2.45, 2.75) is 0 Å². The molecule has 0 saturated carbocycles. The molecule has 0 radical (unpaired) electrons. The van der Waals surface area contributed by atoms with Gasteiger partial charge in [-0.05, 0) is 27.7 Å². The van der Waals surface area contributed by atoms with Gasteiger partial charge in [0, 0.05) is 20.2 Å². The molecule has 28 heavy (non-hydrogen) atoms. The SMILES string of the molecule is OB(O)c1ccc(-c2cccc3c2sc2c(-c4ccccc4)cccc23)cc1. The van der Waals surface area contributed by atoms with Gasteiger partial charge in [-0.1, -0.05) is 91.0 Å². The minimum atomic E-state index is -1.44. The summed E-state index contributed by atoms with van der Waals surface area (Å²) in [7, 11) is -1.44. The number of fused-ring (bicyclic) bond motifs is 3. The predicted octanol–water partition coefficient (Wildman–Crippen LogP) is 5.07. The van der Waals surface area contributed by atoms with Crippen molar-refractivity contribution >= 4 is 44.1 Å². The highest BCUT2D eigenvalue weighted by Crippen LogP contribution is 2.43. The molecule has 5 rings (SSSR count). The Labute approximate surface area is 167 Å². The third-order valence-corrected chi connectivity index (χ3v) is 6.42. The molecule has 0 aliphatic heterocycles. The molecule has 0 aliphatic rings. The fourth-order valence-corrected chi connectivity index (χ4v) is 5.10. The van der Waals surface area contributed by atoms with Crippen LogP contribution in [0.5, 0.6) is 0 Å². The third-order valence-electron chi connectivity index (χ3n) is 5.13. The van der Waals surface area contributed by atoms with Crippen molar-refractivity contribution in [2.75, 3.05) is 0 Å². The Kier molecular flexibility index (Phi) is 4.25. The van der Waals surface area contributed by atoms with Crippen molar-refractivity contribution in [3.8, 4) is 22.3 Å². The second-order valence-corrected chi connectivity index (χ2v) is 7.85. The van der Waals surface area contributed by atoms with E-state index in [-0.39, 0.29) is 0 Å². The Bertz CT molecular complexity index is 1280. The van der Waals surface area contributed by atoms with Gasteiger partial charge in [0.15, 0.2) is 0 Å². The van der Waals surface area contributed by atoms with E-state index in [4.69, 9.17) is 0 Å². The minimum Gasteiger partial charge on any atom is -0.423 e. The van der Waals surface area contributed by atoms with E-state index in [1.54, 1.807) is 12.1 Å². The largest absolute Gasteiger partial charge is 0.488 e. The third kappa shape index (κ3) is 2.83. The maximum atomic E-state index is 9.35. The van der Waals surface area contributed by atoms with Gasteiger partial charge in [-0.3, -0.25) is 0 Å². The van der Waals surface area contributed by atoms with Crippen molar-refractivity contribution in [1.29, 1.82) is 0 Å². The van der Waals surface area contributed by atoms with Gasteiger partial charge in [0.25, 0.3) is 0 Å². The highest BCUT2D eigenvalue weighted by Gasteiger charge is 2.15. The average Bonchev–Trinajstić information content (AvgIpc) is 3.13. The molecule has 1 heterocycles. The van der Waals surface area contributed by atoms with Gasteiger partial charge in [-0.15, -0.1) is 11.3 Å². The Morgan fingerprint density at radius 1 is 0.536 bits per heavy atom. The summed E-state index contributed by atoms with van der Waals surface area (Å²) in [5.74, 6) is 0.